The molecular formula is C15H19Cl. The van der Waals surface area contributed by atoms with E-state index in [2.05, 4.69) is 32.8 Å². The van der Waals surface area contributed by atoms with Crippen molar-refractivity contribution in [2.45, 2.75) is 46.0 Å². The fourth-order valence-electron chi connectivity index (χ4n) is 1.97. The van der Waals surface area contributed by atoms with E-state index in [1.54, 1.807) is 0 Å². The lowest BCUT2D eigenvalue weighted by atomic mass is 9.89. The molecule has 0 radical (unpaired) electrons. The van der Waals surface area contributed by atoms with Gasteiger partial charge in [0, 0.05) is 11.4 Å². The second-order valence-corrected chi connectivity index (χ2v) is 4.76. The Morgan fingerprint density at radius 2 is 1.94 bits per heavy atom. The molecule has 0 amide bonds. The minimum absolute atomic E-state index is 0.404. The Balaban J connectivity index is 3.09. The summed E-state index contributed by atoms with van der Waals surface area (Å²) in [5.41, 5.74) is 3.74. The van der Waals surface area contributed by atoms with Crippen LogP contribution < -0.4 is 0 Å². The Bertz CT molecular complexity index is 399. The van der Waals surface area contributed by atoms with Gasteiger partial charge >= 0.3 is 0 Å². The van der Waals surface area contributed by atoms with Gasteiger partial charge in [-0.25, -0.2) is 0 Å². The van der Waals surface area contributed by atoms with Crippen molar-refractivity contribution in [2.24, 2.45) is 0 Å². The lowest BCUT2D eigenvalue weighted by Gasteiger charge is -2.17. The summed E-state index contributed by atoms with van der Waals surface area (Å²) in [6, 6.07) is 4.24. The maximum absolute atomic E-state index is 6.30. The molecular weight excluding hydrogens is 216 g/mol. The fourth-order valence-corrected chi connectivity index (χ4v) is 2.35. The van der Waals surface area contributed by atoms with Crippen molar-refractivity contribution in [3.05, 3.63) is 33.8 Å². The van der Waals surface area contributed by atoms with Crippen LogP contribution in [-0.4, -0.2) is 0 Å². The van der Waals surface area contributed by atoms with E-state index in [-0.39, 0.29) is 0 Å². The molecule has 1 heteroatoms. The molecule has 0 heterocycles. The van der Waals surface area contributed by atoms with Crippen LogP contribution >= 0.6 is 11.6 Å². The van der Waals surface area contributed by atoms with Gasteiger partial charge in [0.05, 0.1) is 0 Å². The molecule has 0 bridgehead atoms. The van der Waals surface area contributed by atoms with E-state index in [0.717, 1.165) is 24.3 Å². The van der Waals surface area contributed by atoms with Crippen LogP contribution in [0.2, 0.25) is 5.02 Å². The fraction of sp³-hybridized carbons (Fsp3) is 0.467. The van der Waals surface area contributed by atoms with E-state index in [1.807, 2.05) is 6.07 Å². The number of halogens is 1. The van der Waals surface area contributed by atoms with Crippen molar-refractivity contribution in [2.75, 3.05) is 0 Å². The topological polar surface area (TPSA) is 0 Å². The third-order valence-corrected chi connectivity index (χ3v) is 3.38. The van der Waals surface area contributed by atoms with Crippen LogP contribution in [0.15, 0.2) is 12.1 Å². The first-order valence-electron chi connectivity index (χ1n) is 5.80. The minimum Gasteiger partial charge on any atom is -0.120 e. The van der Waals surface area contributed by atoms with Gasteiger partial charge < -0.3 is 0 Å². The first-order chi connectivity index (χ1) is 7.60. The summed E-state index contributed by atoms with van der Waals surface area (Å²) in [5.74, 6) is 3.16. The average Bonchev–Trinajstić information content (AvgIpc) is 2.23. The zero-order valence-electron chi connectivity index (χ0n) is 10.3. The molecule has 0 aliphatic rings. The Labute approximate surface area is 104 Å². The van der Waals surface area contributed by atoms with E-state index in [4.69, 9.17) is 18.0 Å². The highest BCUT2D eigenvalue weighted by Crippen LogP contribution is 2.32. The van der Waals surface area contributed by atoms with Gasteiger partial charge in [-0.1, -0.05) is 31.0 Å². The normalized spacial score (nSPS) is 12.2. The van der Waals surface area contributed by atoms with Crippen molar-refractivity contribution in [3.8, 4) is 12.3 Å². The quantitative estimate of drug-likeness (QED) is 0.653. The highest BCUT2D eigenvalue weighted by atomic mass is 35.5. The van der Waals surface area contributed by atoms with Crippen molar-refractivity contribution in [3.63, 3.8) is 0 Å². The molecule has 1 atom stereocenters. The van der Waals surface area contributed by atoms with Crippen molar-refractivity contribution in [1.82, 2.24) is 0 Å². The van der Waals surface area contributed by atoms with Crippen LogP contribution in [0.5, 0.6) is 0 Å². The number of benzene rings is 1. The van der Waals surface area contributed by atoms with Crippen LogP contribution in [0.4, 0.5) is 0 Å². The zero-order valence-corrected chi connectivity index (χ0v) is 11.1. The Kier molecular flexibility index (Phi) is 4.90. The molecule has 16 heavy (non-hydrogen) atoms. The molecule has 86 valence electrons. The number of rotatable bonds is 4. The Morgan fingerprint density at radius 1 is 1.31 bits per heavy atom. The third-order valence-electron chi connectivity index (χ3n) is 3.05. The van der Waals surface area contributed by atoms with Gasteiger partial charge in [-0.2, -0.15) is 0 Å². The molecule has 0 N–H and O–H groups in total. The highest BCUT2D eigenvalue weighted by Gasteiger charge is 2.14. The second kappa shape index (κ2) is 5.97. The van der Waals surface area contributed by atoms with Gasteiger partial charge in [0.1, 0.15) is 0 Å². The molecule has 0 saturated heterocycles. The molecule has 0 nitrogen and oxygen atoms in total. The molecule has 1 aromatic rings. The van der Waals surface area contributed by atoms with Gasteiger partial charge in [-0.15, -0.1) is 12.3 Å². The largest absolute Gasteiger partial charge is 0.120 e. The van der Waals surface area contributed by atoms with Crippen LogP contribution in [0.1, 0.15) is 48.8 Å². The maximum atomic E-state index is 6.30. The minimum atomic E-state index is 0.404. The molecule has 0 spiro atoms. The van der Waals surface area contributed by atoms with Crippen molar-refractivity contribution < 1.29 is 0 Å². The molecule has 0 aliphatic carbocycles. The average molecular weight is 235 g/mol. The van der Waals surface area contributed by atoms with E-state index in [1.165, 1.54) is 16.7 Å². The summed E-state index contributed by atoms with van der Waals surface area (Å²) in [6.45, 7) is 6.38. The summed E-state index contributed by atoms with van der Waals surface area (Å²) >= 11 is 6.30. The number of hydrogen-bond donors (Lipinski definition) is 0. The highest BCUT2D eigenvalue weighted by molar-refractivity contribution is 6.31. The van der Waals surface area contributed by atoms with Gasteiger partial charge in [0.25, 0.3) is 0 Å². The number of aryl methyl sites for hydroxylation is 2. The molecule has 0 fully saturated rings. The molecule has 0 saturated carbocycles. The molecule has 1 aromatic carbocycles. The number of terminal acetylenes is 1. The first-order valence-corrected chi connectivity index (χ1v) is 6.18. The lowest BCUT2D eigenvalue weighted by molar-refractivity contribution is 0.628. The standard InChI is InChI=1S/C15H19Cl/c1-5-7-13(8-6-2)14-9-11(3)12(4)10-15(14)16/h1,9-10,13H,6-8H2,2-4H3. The van der Waals surface area contributed by atoms with Crippen LogP contribution in [-0.2, 0) is 0 Å². The lowest BCUT2D eigenvalue weighted by Crippen LogP contribution is -2.00. The zero-order chi connectivity index (χ0) is 12.1. The summed E-state index contributed by atoms with van der Waals surface area (Å²) in [6.07, 6.45) is 8.43. The monoisotopic (exact) mass is 234 g/mol. The van der Waals surface area contributed by atoms with E-state index in [9.17, 15) is 0 Å². The van der Waals surface area contributed by atoms with Crippen LogP contribution in [0, 0.1) is 26.2 Å². The van der Waals surface area contributed by atoms with Gasteiger partial charge in [-0.3, -0.25) is 0 Å². The van der Waals surface area contributed by atoms with Crippen molar-refractivity contribution in [1.29, 1.82) is 0 Å². The van der Waals surface area contributed by atoms with E-state index in [0.29, 0.717) is 5.92 Å². The van der Waals surface area contributed by atoms with Crippen molar-refractivity contribution >= 4 is 11.6 Å². The molecule has 0 aliphatic heterocycles. The predicted molar refractivity (Wildman–Crippen MR) is 72.0 cm³/mol. The smallest absolute Gasteiger partial charge is 0.0443 e. The van der Waals surface area contributed by atoms with Gasteiger partial charge in [0.15, 0.2) is 0 Å². The first kappa shape index (κ1) is 13.1. The molecule has 1 rings (SSSR count). The van der Waals surface area contributed by atoms with Crippen LogP contribution in [0.25, 0.3) is 0 Å². The summed E-state index contributed by atoms with van der Waals surface area (Å²) in [7, 11) is 0. The summed E-state index contributed by atoms with van der Waals surface area (Å²) in [5, 5.41) is 0.858. The Hall–Kier alpha value is -0.930. The van der Waals surface area contributed by atoms with Crippen LogP contribution in [0.3, 0.4) is 0 Å². The second-order valence-electron chi connectivity index (χ2n) is 4.35. The summed E-state index contributed by atoms with van der Waals surface area (Å²) in [4.78, 5) is 0. The maximum Gasteiger partial charge on any atom is 0.0443 e. The number of hydrogen-bond acceptors (Lipinski definition) is 0. The molecule has 1 unspecified atom stereocenters. The SMILES string of the molecule is C#CCC(CCC)c1cc(C)c(C)cc1Cl. The Morgan fingerprint density at radius 3 is 2.50 bits per heavy atom. The predicted octanol–water partition coefficient (Wildman–Crippen LogP) is 4.86. The van der Waals surface area contributed by atoms with E-state index < -0.39 is 0 Å². The molecule has 0 aromatic heterocycles. The van der Waals surface area contributed by atoms with Gasteiger partial charge in [0.2, 0.25) is 0 Å². The van der Waals surface area contributed by atoms with Gasteiger partial charge in [-0.05, 0) is 48.9 Å². The third kappa shape index (κ3) is 3.03. The summed E-state index contributed by atoms with van der Waals surface area (Å²) < 4.78 is 0. The van der Waals surface area contributed by atoms with E-state index >= 15 is 0 Å².